The van der Waals surface area contributed by atoms with Crippen LogP contribution in [0.15, 0.2) is 18.2 Å². The van der Waals surface area contributed by atoms with Gasteiger partial charge in [0.15, 0.2) is 0 Å². The Labute approximate surface area is 107 Å². The van der Waals surface area contributed by atoms with Gasteiger partial charge in [-0.15, -0.1) is 0 Å². The first kappa shape index (κ1) is 14.4. The molecule has 0 radical (unpaired) electrons. The van der Waals surface area contributed by atoms with Gasteiger partial charge in [0, 0.05) is 25.8 Å². The van der Waals surface area contributed by atoms with E-state index in [1.807, 2.05) is 19.9 Å². The smallest absolute Gasteiger partial charge is 0.292 e. The molecule has 0 saturated heterocycles. The Hall–Kier alpha value is -1.68. The molecule has 0 bridgehead atoms. The molecule has 1 N–H and O–H groups in total. The first-order valence-electron chi connectivity index (χ1n) is 5.95. The van der Waals surface area contributed by atoms with E-state index < -0.39 is 11.7 Å². The van der Waals surface area contributed by atoms with Crippen molar-refractivity contribution in [3.05, 3.63) is 34.9 Å². The molecule has 1 aromatic carbocycles. The quantitative estimate of drug-likeness (QED) is 0.473. The Morgan fingerprint density at radius 1 is 1.22 bits per heavy atom. The predicted molar refractivity (Wildman–Crippen MR) is 69.7 cm³/mol. The summed E-state index contributed by atoms with van der Waals surface area (Å²) in [5.41, 5.74) is 2.54. The molecule has 0 saturated carbocycles. The van der Waals surface area contributed by atoms with Gasteiger partial charge < -0.3 is 10.1 Å². The molecule has 0 aromatic heterocycles. The number of methoxy groups -OCH3 is 1. The number of carbonyl (C=O) groups excluding carboxylic acids is 2. The molecule has 0 aliphatic rings. The van der Waals surface area contributed by atoms with Gasteiger partial charge in [-0.1, -0.05) is 12.1 Å². The number of benzene rings is 1. The largest absolute Gasteiger partial charge is 0.385 e. The summed E-state index contributed by atoms with van der Waals surface area (Å²) in [5, 5.41) is 2.58. The average molecular weight is 249 g/mol. The summed E-state index contributed by atoms with van der Waals surface area (Å²) in [7, 11) is 1.60. The SMILES string of the molecule is COCCCNC(=O)C(=O)c1ccc(C)c(C)c1. The highest BCUT2D eigenvalue weighted by atomic mass is 16.5. The van der Waals surface area contributed by atoms with Crippen molar-refractivity contribution in [2.45, 2.75) is 20.3 Å². The van der Waals surface area contributed by atoms with Gasteiger partial charge in [0.25, 0.3) is 5.91 Å². The van der Waals surface area contributed by atoms with Crippen LogP contribution >= 0.6 is 0 Å². The summed E-state index contributed by atoms with van der Waals surface area (Å²) in [5.74, 6) is -1.05. The number of carbonyl (C=O) groups is 2. The fraction of sp³-hybridized carbons (Fsp3) is 0.429. The van der Waals surface area contributed by atoms with Crippen molar-refractivity contribution in [2.24, 2.45) is 0 Å². The van der Waals surface area contributed by atoms with Crippen molar-refractivity contribution in [3.63, 3.8) is 0 Å². The van der Waals surface area contributed by atoms with E-state index in [0.717, 1.165) is 11.1 Å². The summed E-state index contributed by atoms with van der Waals surface area (Å²) in [6, 6.07) is 5.27. The van der Waals surface area contributed by atoms with Gasteiger partial charge in [-0.05, 0) is 37.5 Å². The van der Waals surface area contributed by atoms with E-state index in [4.69, 9.17) is 4.74 Å². The first-order chi connectivity index (χ1) is 8.56. The zero-order chi connectivity index (χ0) is 13.5. The van der Waals surface area contributed by atoms with Crippen LogP contribution in [0.2, 0.25) is 0 Å². The molecule has 1 rings (SSSR count). The van der Waals surface area contributed by atoms with E-state index in [-0.39, 0.29) is 0 Å². The van der Waals surface area contributed by atoms with Crippen LogP contribution in [0.1, 0.15) is 27.9 Å². The van der Waals surface area contributed by atoms with E-state index in [2.05, 4.69) is 5.32 Å². The van der Waals surface area contributed by atoms with Gasteiger partial charge in [-0.2, -0.15) is 0 Å². The van der Waals surface area contributed by atoms with Gasteiger partial charge in [-0.3, -0.25) is 9.59 Å². The average Bonchev–Trinajstić information content (AvgIpc) is 2.37. The summed E-state index contributed by atoms with van der Waals surface area (Å²) < 4.78 is 4.86. The molecule has 0 unspecified atom stereocenters. The van der Waals surface area contributed by atoms with Crippen molar-refractivity contribution >= 4 is 11.7 Å². The van der Waals surface area contributed by atoms with E-state index in [1.165, 1.54) is 0 Å². The fourth-order valence-electron chi connectivity index (χ4n) is 1.51. The van der Waals surface area contributed by atoms with E-state index in [1.54, 1.807) is 19.2 Å². The third kappa shape index (κ3) is 3.96. The highest BCUT2D eigenvalue weighted by molar-refractivity contribution is 6.42. The maximum absolute atomic E-state index is 11.8. The highest BCUT2D eigenvalue weighted by Crippen LogP contribution is 2.10. The number of rotatable bonds is 6. The minimum atomic E-state index is -0.561. The normalized spacial score (nSPS) is 10.2. The number of ether oxygens (including phenoxy) is 1. The zero-order valence-corrected chi connectivity index (χ0v) is 11.1. The lowest BCUT2D eigenvalue weighted by molar-refractivity contribution is -0.117. The molecule has 0 fully saturated rings. The lowest BCUT2D eigenvalue weighted by Gasteiger charge is -2.06. The molecule has 4 heteroatoms. The Bertz CT molecular complexity index is 441. The molecular weight excluding hydrogens is 230 g/mol. The molecule has 18 heavy (non-hydrogen) atoms. The van der Waals surface area contributed by atoms with Gasteiger partial charge >= 0.3 is 0 Å². The molecule has 0 spiro atoms. The minimum absolute atomic E-state index is 0.433. The van der Waals surface area contributed by atoms with Crippen LogP contribution in [0.5, 0.6) is 0 Å². The van der Waals surface area contributed by atoms with Crippen LogP contribution in [0.3, 0.4) is 0 Å². The summed E-state index contributed by atoms with van der Waals surface area (Å²) in [6.07, 6.45) is 0.697. The predicted octanol–water partition coefficient (Wildman–Crippen LogP) is 1.64. The van der Waals surface area contributed by atoms with Crippen molar-refractivity contribution in [1.29, 1.82) is 0 Å². The highest BCUT2D eigenvalue weighted by Gasteiger charge is 2.15. The lowest BCUT2D eigenvalue weighted by Crippen LogP contribution is -2.32. The van der Waals surface area contributed by atoms with Crippen molar-refractivity contribution in [1.82, 2.24) is 5.32 Å². The van der Waals surface area contributed by atoms with Crippen LogP contribution in [0.4, 0.5) is 0 Å². The van der Waals surface area contributed by atoms with Crippen LogP contribution in [0.25, 0.3) is 0 Å². The molecule has 1 amide bonds. The number of hydrogen-bond donors (Lipinski definition) is 1. The molecule has 4 nitrogen and oxygen atoms in total. The molecule has 0 aliphatic heterocycles. The Morgan fingerprint density at radius 3 is 2.56 bits per heavy atom. The van der Waals surface area contributed by atoms with E-state index in [0.29, 0.717) is 25.1 Å². The number of nitrogens with one attached hydrogen (secondary N) is 1. The number of amides is 1. The molecule has 0 atom stereocenters. The number of ketones is 1. The third-order valence-corrected chi connectivity index (χ3v) is 2.79. The van der Waals surface area contributed by atoms with E-state index >= 15 is 0 Å². The molecule has 98 valence electrons. The number of aryl methyl sites for hydroxylation is 2. The van der Waals surface area contributed by atoms with Gasteiger partial charge in [-0.25, -0.2) is 0 Å². The topological polar surface area (TPSA) is 55.4 Å². The second-order valence-corrected chi connectivity index (χ2v) is 4.23. The molecule has 0 heterocycles. The Balaban J connectivity index is 2.57. The molecule has 0 aliphatic carbocycles. The van der Waals surface area contributed by atoms with Crippen molar-refractivity contribution in [3.8, 4) is 0 Å². The van der Waals surface area contributed by atoms with Crippen LogP contribution in [0, 0.1) is 13.8 Å². The van der Waals surface area contributed by atoms with Crippen LogP contribution < -0.4 is 5.32 Å². The third-order valence-electron chi connectivity index (χ3n) is 2.79. The fourth-order valence-corrected chi connectivity index (χ4v) is 1.51. The summed E-state index contributed by atoms with van der Waals surface area (Å²) in [6.45, 7) is 4.90. The van der Waals surface area contributed by atoms with E-state index in [9.17, 15) is 9.59 Å². The first-order valence-corrected chi connectivity index (χ1v) is 5.95. The zero-order valence-electron chi connectivity index (χ0n) is 11.1. The second kappa shape index (κ2) is 6.91. The van der Waals surface area contributed by atoms with Crippen LogP contribution in [-0.2, 0) is 9.53 Å². The van der Waals surface area contributed by atoms with Gasteiger partial charge in [0.05, 0.1) is 0 Å². The maximum Gasteiger partial charge on any atom is 0.292 e. The second-order valence-electron chi connectivity index (χ2n) is 4.23. The summed E-state index contributed by atoms with van der Waals surface area (Å²) in [4.78, 5) is 23.4. The van der Waals surface area contributed by atoms with Gasteiger partial charge in [0.2, 0.25) is 5.78 Å². The molecule has 1 aromatic rings. The molecular formula is C14H19NO3. The number of Topliss-reactive ketones (excluding diaryl/α,β-unsaturated/α-hetero) is 1. The Morgan fingerprint density at radius 2 is 1.94 bits per heavy atom. The van der Waals surface area contributed by atoms with Crippen molar-refractivity contribution < 1.29 is 14.3 Å². The minimum Gasteiger partial charge on any atom is -0.385 e. The van der Waals surface area contributed by atoms with Gasteiger partial charge in [0.1, 0.15) is 0 Å². The van der Waals surface area contributed by atoms with Crippen LogP contribution in [-0.4, -0.2) is 32.0 Å². The number of hydrogen-bond acceptors (Lipinski definition) is 3. The lowest BCUT2D eigenvalue weighted by atomic mass is 10.0. The summed E-state index contributed by atoms with van der Waals surface area (Å²) >= 11 is 0. The monoisotopic (exact) mass is 249 g/mol. The standard InChI is InChI=1S/C14H19NO3/c1-10-5-6-12(9-11(10)2)13(16)14(17)15-7-4-8-18-3/h5-6,9H,4,7-8H2,1-3H3,(H,15,17). The maximum atomic E-state index is 11.8. The van der Waals surface area contributed by atoms with Crippen molar-refractivity contribution in [2.75, 3.05) is 20.3 Å². The Kier molecular flexibility index (Phi) is 5.52.